The largest absolute Gasteiger partial charge is 0.397 e. The van der Waals surface area contributed by atoms with Crippen molar-refractivity contribution in [2.75, 3.05) is 13.2 Å². The van der Waals surface area contributed by atoms with E-state index >= 15 is 0 Å². The number of unbranched alkanes of at least 4 members (excludes halogenated alkanes) is 35. The lowest BCUT2D eigenvalue weighted by atomic mass is 9.99. The van der Waals surface area contributed by atoms with Crippen molar-refractivity contribution >= 4 is 16.3 Å². The minimum atomic E-state index is -5.11. The number of carbonyl (C=O) groups is 1. The van der Waals surface area contributed by atoms with E-state index in [1.165, 1.54) is 173 Å². The lowest BCUT2D eigenvalue weighted by Gasteiger charge is -2.41. The summed E-state index contributed by atoms with van der Waals surface area (Å²) in [6.07, 6.45) is 41.0. The van der Waals surface area contributed by atoms with Gasteiger partial charge in [0.1, 0.15) is 30.5 Å². The van der Waals surface area contributed by atoms with Crippen molar-refractivity contribution in [3.8, 4) is 0 Å². The number of hydrogen-bond donors (Lipinski definition) is 7. The fraction of sp³-hybridized carbons (Fsp3) is 0.945. The molecule has 1 aliphatic heterocycles. The summed E-state index contributed by atoms with van der Waals surface area (Å²) in [6.45, 7) is 3.33. The second kappa shape index (κ2) is 45.4. The van der Waals surface area contributed by atoms with Gasteiger partial charge >= 0.3 is 10.4 Å². The van der Waals surface area contributed by atoms with Crippen molar-refractivity contribution in [3.05, 3.63) is 12.2 Å². The van der Waals surface area contributed by atoms with Gasteiger partial charge in [0.25, 0.3) is 0 Å². The maximum atomic E-state index is 13.2. The van der Waals surface area contributed by atoms with E-state index in [4.69, 9.17) is 9.47 Å². The quantitative estimate of drug-likeness (QED) is 0.0172. The molecular weight excluding hydrogens is 899 g/mol. The molecule has 1 saturated heterocycles. The Kier molecular flexibility index (Phi) is 43.3. The molecule has 0 aromatic heterocycles. The Morgan fingerprint density at radius 3 is 1.30 bits per heavy atom. The second-order valence-electron chi connectivity index (χ2n) is 20.4. The normalized spacial score (nSPS) is 20.1. The molecule has 1 rings (SSSR count). The molecule has 410 valence electrons. The zero-order valence-electron chi connectivity index (χ0n) is 44.0. The van der Waals surface area contributed by atoms with Gasteiger partial charge in [-0.05, 0) is 38.5 Å². The number of rotatable bonds is 50. The number of hydrogen-bond acceptors (Lipinski definition) is 11. The predicted octanol–water partition coefficient (Wildman–Crippen LogP) is 12.0. The number of carbonyl (C=O) groups excluding carboxylic acids is 1. The molecule has 0 aliphatic carbocycles. The molecular formula is C55H107NO12S. The summed E-state index contributed by atoms with van der Waals surface area (Å²) >= 11 is 0. The van der Waals surface area contributed by atoms with E-state index in [1.54, 1.807) is 0 Å². The van der Waals surface area contributed by atoms with Crippen LogP contribution in [0.1, 0.15) is 271 Å². The molecule has 0 spiro atoms. The topological polar surface area (TPSA) is 212 Å². The number of nitrogens with one attached hydrogen (secondary N) is 1. The maximum absolute atomic E-state index is 13.2. The monoisotopic (exact) mass is 1010 g/mol. The molecule has 13 nitrogen and oxygen atoms in total. The van der Waals surface area contributed by atoms with Crippen LogP contribution in [0.2, 0.25) is 0 Å². The zero-order valence-corrected chi connectivity index (χ0v) is 44.8. The SMILES string of the molecule is CCCCCCCCCCCCC/C=C\CCCCCCCCC(O)C(=O)NC(COC1OC(CO)C(O)C(OS(=O)(=O)O)C1O)C(O)CCCCCCCCCCCCCCCCCCCCC. The fourth-order valence-corrected chi connectivity index (χ4v) is 9.91. The Morgan fingerprint density at radius 1 is 0.565 bits per heavy atom. The standard InChI is InChI=1S/C55H107NO12S/c1-3-5-7-9-11-13-15-17-19-21-23-24-26-28-30-32-34-36-38-40-42-44-49(59)54(62)56-47(46-66-55-52(61)53(68-69(63,64)65)51(60)50(45-57)67-55)48(58)43-41-39-37-35-33-31-29-27-25-22-20-18-16-14-12-10-8-6-4-2/h26,28,47-53,55,57-61H,3-25,27,29-46H2,1-2H3,(H,56,62)(H,63,64,65)/b28-26-. The zero-order chi connectivity index (χ0) is 50.6. The first-order valence-electron chi connectivity index (χ1n) is 28.7. The average Bonchev–Trinajstić information content (AvgIpc) is 3.32. The van der Waals surface area contributed by atoms with Crippen molar-refractivity contribution in [2.45, 2.75) is 320 Å². The van der Waals surface area contributed by atoms with Crippen LogP contribution >= 0.6 is 0 Å². The molecule has 8 unspecified atom stereocenters. The van der Waals surface area contributed by atoms with Crippen LogP contribution in [0.5, 0.6) is 0 Å². The third-order valence-corrected chi connectivity index (χ3v) is 14.4. The molecule has 1 amide bonds. The lowest BCUT2D eigenvalue weighted by molar-refractivity contribution is -0.298. The summed E-state index contributed by atoms with van der Waals surface area (Å²) in [6, 6.07) is -1.03. The number of ether oxygens (including phenoxy) is 2. The minimum Gasteiger partial charge on any atom is -0.394 e. The maximum Gasteiger partial charge on any atom is 0.397 e. The van der Waals surface area contributed by atoms with Crippen molar-refractivity contribution in [1.82, 2.24) is 5.32 Å². The molecule has 1 aliphatic rings. The van der Waals surface area contributed by atoms with E-state index in [0.29, 0.717) is 19.3 Å². The van der Waals surface area contributed by atoms with Crippen molar-refractivity contribution in [2.24, 2.45) is 0 Å². The Labute approximate surface area is 422 Å². The first-order chi connectivity index (χ1) is 33.4. The van der Waals surface area contributed by atoms with Crippen LogP contribution in [-0.2, 0) is 28.9 Å². The Balaban J connectivity index is 2.42. The van der Waals surface area contributed by atoms with E-state index in [9.17, 15) is 43.3 Å². The molecule has 69 heavy (non-hydrogen) atoms. The van der Waals surface area contributed by atoms with Gasteiger partial charge in [-0.25, -0.2) is 4.18 Å². The third kappa shape index (κ3) is 37.2. The second-order valence-corrected chi connectivity index (χ2v) is 21.4. The van der Waals surface area contributed by atoms with Gasteiger partial charge in [-0.1, -0.05) is 244 Å². The fourth-order valence-electron chi connectivity index (χ4n) is 9.40. The summed E-state index contributed by atoms with van der Waals surface area (Å²) in [7, 11) is -5.11. The van der Waals surface area contributed by atoms with Gasteiger partial charge in [-0.2, -0.15) is 8.42 Å². The highest BCUT2D eigenvalue weighted by atomic mass is 32.3. The molecule has 0 radical (unpaired) electrons. The van der Waals surface area contributed by atoms with Crippen LogP contribution in [0, 0.1) is 0 Å². The van der Waals surface area contributed by atoms with E-state index < -0.39 is 78.5 Å². The van der Waals surface area contributed by atoms with Crippen LogP contribution in [0.15, 0.2) is 12.2 Å². The number of aliphatic hydroxyl groups excluding tert-OH is 5. The van der Waals surface area contributed by atoms with Gasteiger partial charge in [-0.3, -0.25) is 9.35 Å². The highest BCUT2D eigenvalue weighted by Gasteiger charge is 2.48. The van der Waals surface area contributed by atoms with Gasteiger partial charge in [0.2, 0.25) is 5.91 Å². The van der Waals surface area contributed by atoms with Gasteiger partial charge in [-0.15, -0.1) is 0 Å². The number of allylic oxidation sites excluding steroid dienone is 2. The average molecular weight is 1010 g/mol. The summed E-state index contributed by atoms with van der Waals surface area (Å²) in [5, 5.41) is 55.7. The van der Waals surface area contributed by atoms with E-state index in [0.717, 1.165) is 57.8 Å². The summed E-state index contributed by atoms with van der Waals surface area (Å²) < 4.78 is 47.8. The Hall–Kier alpha value is -1.20. The van der Waals surface area contributed by atoms with Crippen molar-refractivity contribution in [3.63, 3.8) is 0 Å². The molecule has 1 heterocycles. The van der Waals surface area contributed by atoms with Crippen LogP contribution in [-0.4, -0.2) is 107 Å². The molecule has 0 aromatic carbocycles. The molecule has 8 atom stereocenters. The molecule has 1 fully saturated rings. The van der Waals surface area contributed by atoms with Crippen molar-refractivity contribution < 1.29 is 57.0 Å². The highest BCUT2D eigenvalue weighted by molar-refractivity contribution is 7.80. The van der Waals surface area contributed by atoms with Gasteiger partial charge < -0.3 is 40.3 Å². The molecule has 0 saturated carbocycles. The van der Waals surface area contributed by atoms with E-state index in [-0.39, 0.29) is 6.42 Å². The van der Waals surface area contributed by atoms with Crippen LogP contribution in [0.25, 0.3) is 0 Å². The minimum absolute atomic E-state index is 0.256. The molecule has 14 heteroatoms. The van der Waals surface area contributed by atoms with Gasteiger partial charge in [0, 0.05) is 0 Å². The Morgan fingerprint density at radius 2 is 0.928 bits per heavy atom. The highest BCUT2D eigenvalue weighted by Crippen LogP contribution is 2.26. The van der Waals surface area contributed by atoms with E-state index in [2.05, 4.69) is 35.5 Å². The summed E-state index contributed by atoms with van der Waals surface area (Å²) in [4.78, 5) is 13.2. The first-order valence-corrected chi connectivity index (χ1v) is 30.0. The van der Waals surface area contributed by atoms with Crippen LogP contribution < -0.4 is 5.32 Å². The Bertz CT molecular complexity index is 1290. The first kappa shape index (κ1) is 65.8. The predicted molar refractivity (Wildman–Crippen MR) is 279 cm³/mol. The summed E-state index contributed by atoms with van der Waals surface area (Å²) in [5.41, 5.74) is 0. The van der Waals surface area contributed by atoms with Crippen molar-refractivity contribution in [1.29, 1.82) is 0 Å². The van der Waals surface area contributed by atoms with Crippen LogP contribution in [0.4, 0.5) is 0 Å². The third-order valence-electron chi connectivity index (χ3n) is 13.9. The molecule has 0 aromatic rings. The molecule has 7 N–H and O–H groups in total. The number of aliphatic hydroxyl groups is 5. The summed E-state index contributed by atoms with van der Waals surface area (Å²) in [5.74, 6) is -0.669. The van der Waals surface area contributed by atoms with Gasteiger partial charge in [0.05, 0.1) is 25.4 Å². The van der Waals surface area contributed by atoms with E-state index in [1.807, 2.05) is 0 Å². The number of amides is 1. The van der Waals surface area contributed by atoms with Gasteiger partial charge in [0.15, 0.2) is 6.29 Å². The molecule has 0 bridgehead atoms. The smallest absolute Gasteiger partial charge is 0.394 e. The van der Waals surface area contributed by atoms with Crippen LogP contribution in [0.3, 0.4) is 0 Å². The lowest BCUT2D eigenvalue weighted by Crippen LogP contribution is -2.61.